The van der Waals surface area contributed by atoms with Crippen molar-refractivity contribution in [2.75, 3.05) is 17.2 Å². The molecule has 1 heterocycles. The molecular weight excluding hydrogens is 285 g/mol. The second-order valence-electron chi connectivity index (χ2n) is 3.88. The van der Waals surface area contributed by atoms with Gasteiger partial charge in [0.15, 0.2) is 5.82 Å². The summed E-state index contributed by atoms with van der Waals surface area (Å²) in [4.78, 5) is 4.28. The summed E-state index contributed by atoms with van der Waals surface area (Å²) in [7, 11) is 0. The highest BCUT2D eigenvalue weighted by Gasteiger charge is 2.02. The molecule has 0 bridgehead atoms. The molecule has 1 aromatic heterocycles. The first-order valence-electron chi connectivity index (χ1n) is 5.84. The first-order chi connectivity index (χ1) is 9.17. The second-order valence-corrected chi connectivity index (χ2v) is 4.75. The molecule has 0 aliphatic heterocycles. The van der Waals surface area contributed by atoms with Crippen LogP contribution in [0.4, 0.5) is 17.5 Å². The Bertz CT molecular complexity index is 541. The summed E-state index contributed by atoms with van der Waals surface area (Å²) in [5, 5.41) is 15.0. The summed E-state index contributed by atoms with van der Waals surface area (Å²) in [5.41, 5.74) is 0.749. The van der Waals surface area contributed by atoms with Crippen LogP contribution in [0.15, 0.2) is 24.4 Å². The Balaban J connectivity index is 2.13. The van der Waals surface area contributed by atoms with Crippen molar-refractivity contribution in [1.82, 2.24) is 15.2 Å². The minimum absolute atomic E-state index is 0.486. The van der Waals surface area contributed by atoms with E-state index in [1.54, 1.807) is 18.2 Å². The van der Waals surface area contributed by atoms with Gasteiger partial charge in [-0.2, -0.15) is 10.1 Å². The van der Waals surface area contributed by atoms with Crippen molar-refractivity contribution in [3.8, 4) is 0 Å². The maximum atomic E-state index is 5.93. The third kappa shape index (κ3) is 4.22. The largest absolute Gasteiger partial charge is 0.353 e. The lowest BCUT2D eigenvalue weighted by atomic mass is 10.3. The summed E-state index contributed by atoms with van der Waals surface area (Å²) in [5.74, 6) is 1.06. The Morgan fingerprint density at radius 3 is 2.58 bits per heavy atom. The molecule has 100 valence electrons. The molecule has 2 rings (SSSR count). The average molecular weight is 298 g/mol. The van der Waals surface area contributed by atoms with Gasteiger partial charge in [0, 0.05) is 22.3 Å². The normalized spacial score (nSPS) is 10.3. The van der Waals surface area contributed by atoms with E-state index in [0.717, 1.165) is 18.7 Å². The van der Waals surface area contributed by atoms with Crippen molar-refractivity contribution >= 4 is 40.7 Å². The Labute approximate surface area is 121 Å². The van der Waals surface area contributed by atoms with Crippen LogP contribution >= 0.6 is 23.2 Å². The van der Waals surface area contributed by atoms with E-state index in [1.165, 1.54) is 6.20 Å². The van der Waals surface area contributed by atoms with Crippen LogP contribution in [-0.4, -0.2) is 21.7 Å². The standard InChI is InChI=1S/C12H13Cl2N5/c1-2-3-15-12-18-11(7-16-19-12)17-10-5-8(13)4-9(14)6-10/h4-7H,2-3H2,1H3,(H2,15,17,18,19). The van der Waals surface area contributed by atoms with Crippen molar-refractivity contribution in [2.45, 2.75) is 13.3 Å². The van der Waals surface area contributed by atoms with Gasteiger partial charge in [0.05, 0.1) is 6.20 Å². The van der Waals surface area contributed by atoms with E-state index < -0.39 is 0 Å². The molecule has 0 amide bonds. The monoisotopic (exact) mass is 297 g/mol. The molecule has 0 aliphatic rings. The van der Waals surface area contributed by atoms with Crippen LogP contribution in [-0.2, 0) is 0 Å². The zero-order chi connectivity index (χ0) is 13.7. The molecule has 0 atom stereocenters. The number of hydrogen-bond acceptors (Lipinski definition) is 5. The Morgan fingerprint density at radius 1 is 1.16 bits per heavy atom. The van der Waals surface area contributed by atoms with Gasteiger partial charge >= 0.3 is 0 Å². The van der Waals surface area contributed by atoms with E-state index in [2.05, 4.69) is 32.7 Å². The number of hydrogen-bond donors (Lipinski definition) is 2. The minimum Gasteiger partial charge on any atom is -0.353 e. The lowest BCUT2D eigenvalue weighted by Gasteiger charge is -2.07. The predicted molar refractivity (Wildman–Crippen MR) is 78.4 cm³/mol. The third-order valence-electron chi connectivity index (χ3n) is 2.23. The molecule has 5 nitrogen and oxygen atoms in total. The summed E-state index contributed by atoms with van der Waals surface area (Å²) in [6.07, 6.45) is 2.52. The van der Waals surface area contributed by atoms with Gasteiger partial charge in [-0.25, -0.2) is 0 Å². The van der Waals surface area contributed by atoms with E-state index in [9.17, 15) is 0 Å². The Kier molecular flexibility index (Phi) is 4.76. The molecule has 0 saturated heterocycles. The molecule has 2 N–H and O–H groups in total. The van der Waals surface area contributed by atoms with Crippen molar-refractivity contribution in [3.05, 3.63) is 34.4 Å². The molecule has 19 heavy (non-hydrogen) atoms. The molecular formula is C12H13Cl2N5. The smallest absolute Gasteiger partial charge is 0.244 e. The van der Waals surface area contributed by atoms with Crippen LogP contribution < -0.4 is 10.6 Å². The lowest BCUT2D eigenvalue weighted by Crippen LogP contribution is -2.06. The zero-order valence-electron chi connectivity index (χ0n) is 10.3. The van der Waals surface area contributed by atoms with E-state index in [1.807, 2.05) is 0 Å². The van der Waals surface area contributed by atoms with E-state index >= 15 is 0 Å². The summed E-state index contributed by atoms with van der Waals surface area (Å²) in [6.45, 7) is 2.87. The number of rotatable bonds is 5. The fourth-order valence-electron chi connectivity index (χ4n) is 1.45. The van der Waals surface area contributed by atoms with E-state index in [4.69, 9.17) is 23.2 Å². The van der Waals surface area contributed by atoms with Gasteiger partial charge in [-0.05, 0) is 24.6 Å². The van der Waals surface area contributed by atoms with Crippen molar-refractivity contribution in [2.24, 2.45) is 0 Å². The fourth-order valence-corrected chi connectivity index (χ4v) is 1.98. The minimum atomic E-state index is 0.486. The van der Waals surface area contributed by atoms with Crippen LogP contribution in [0, 0.1) is 0 Å². The summed E-state index contributed by atoms with van der Waals surface area (Å²) < 4.78 is 0. The number of benzene rings is 1. The molecule has 2 aromatic rings. The number of halogens is 2. The maximum Gasteiger partial charge on any atom is 0.244 e. The zero-order valence-corrected chi connectivity index (χ0v) is 11.8. The quantitative estimate of drug-likeness (QED) is 0.880. The average Bonchev–Trinajstić information content (AvgIpc) is 2.35. The van der Waals surface area contributed by atoms with Crippen molar-refractivity contribution in [1.29, 1.82) is 0 Å². The van der Waals surface area contributed by atoms with Crippen LogP contribution in [0.3, 0.4) is 0 Å². The van der Waals surface area contributed by atoms with E-state index in [-0.39, 0.29) is 0 Å². The molecule has 0 saturated carbocycles. The van der Waals surface area contributed by atoms with Gasteiger partial charge in [0.2, 0.25) is 5.95 Å². The van der Waals surface area contributed by atoms with Gasteiger partial charge in [0.1, 0.15) is 0 Å². The fraction of sp³-hybridized carbons (Fsp3) is 0.250. The number of nitrogens with zero attached hydrogens (tertiary/aromatic N) is 3. The Morgan fingerprint density at radius 2 is 1.89 bits per heavy atom. The predicted octanol–water partition coefficient (Wildman–Crippen LogP) is 3.74. The van der Waals surface area contributed by atoms with Crippen molar-refractivity contribution in [3.63, 3.8) is 0 Å². The second kappa shape index (κ2) is 6.54. The topological polar surface area (TPSA) is 62.7 Å². The number of aromatic nitrogens is 3. The van der Waals surface area contributed by atoms with Crippen LogP contribution in [0.5, 0.6) is 0 Å². The van der Waals surface area contributed by atoms with Gasteiger partial charge in [-0.15, -0.1) is 5.10 Å². The third-order valence-corrected chi connectivity index (χ3v) is 2.66. The molecule has 0 aliphatic carbocycles. The number of nitrogens with one attached hydrogen (secondary N) is 2. The van der Waals surface area contributed by atoms with Gasteiger partial charge in [0.25, 0.3) is 0 Å². The van der Waals surface area contributed by atoms with Crippen LogP contribution in [0.2, 0.25) is 10.0 Å². The molecule has 0 fully saturated rings. The molecule has 1 aromatic carbocycles. The van der Waals surface area contributed by atoms with Crippen LogP contribution in [0.25, 0.3) is 0 Å². The molecule has 0 spiro atoms. The highest BCUT2D eigenvalue weighted by molar-refractivity contribution is 6.35. The summed E-state index contributed by atoms with van der Waals surface area (Å²) in [6, 6.07) is 5.18. The van der Waals surface area contributed by atoms with Crippen LogP contribution in [0.1, 0.15) is 13.3 Å². The molecule has 7 heteroatoms. The highest BCUT2D eigenvalue weighted by atomic mass is 35.5. The first-order valence-corrected chi connectivity index (χ1v) is 6.59. The molecule has 0 radical (unpaired) electrons. The Hall–Kier alpha value is -1.59. The lowest BCUT2D eigenvalue weighted by molar-refractivity contribution is 0.913. The van der Waals surface area contributed by atoms with E-state index in [0.29, 0.717) is 21.8 Å². The van der Waals surface area contributed by atoms with Gasteiger partial charge in [-0.3, -0.25) is 0 Å². The summed E-state index contributed by atoms with van der Waals surface area (Å²) >= 11 is 11.9. The SMILES string of the molecule is CCCNc1nncc(Nc2cc(Cl)cc(Cl)c2)n1. The van der Waals surface area contributed by atoms with Crippen molar-refractivity contribution < 1.29 is 0 Å². The maximum absolute atomic E-state index is 5.93. The number of anilines is 3. The molecule has 0 unspecified atom stereocenters. The first kappa shape index (κ1) is 13.8. The van der Waals surface area contributed by atoms with Gasteiger partial charge < -0.3 is 10.6 Å². The highest BCUT2D eigenvalue weighted by Crippen LogP contribution is 2.24. The van der Waals surface area contributed by atoms with Gasteiger partial charge in [-0.1, -0.05) is 30.1 Å².